The summed E-state index contributed by atoms with van der Waals surface area (Å²) in [6.07, 6.45) is 0.554. The van der Waals surface area contributed by atoms with Crippen LogP contribution in [-0.4, -0.2) is 27.3 Å². The fraction of sp³-hybridized carbons (Fsp3) is 0.400. The van der Waals surface area contributed by atoms with E-state index < -0.39 is 12.0 Å². The molecular weight excluding hydrogens is 270 g/mol. The van der Waals surface area contributed by atoms with Crippen LogP contribution in [0, 0.1) is 5.92 Å². The Morgan fingerprint density at radius 1 is 1.33 bits per heavy atom. The van der Waals surface area contributed by atoms with Gasteiger partial charge < -0.3 is 9.63 Å². The van der Waals surface area contributed by atoms with Crippen LogP contribution in [0.2, 0.25) is 0 Å². The van der Waals surface area contributed by atoms with Crippen molar-refractivity contribution in [1.29, 1.82) is 0 Å². The number of rotatable bonds is 7. The Morgan fingerprint density at radius 3 is 2.67 bits per heavy atom. The van der Waals surface area contributed by atoms with Crippen molar-refractivity contribution in [3.63, 3.8) is 0 Å². The average Bonchev–Trinajstić information content (AvgIpc) is 2.92. The maximum absolute atomic E-state index is 11.2. The summed E-state index contributed by atoms with van der Waals surface area (Å²) in [6.45, 7) is 4.24. The van der Waals surface area contributed by atoms with E-state index in [-0.39, 0.29) is 6.54 Å². The van der Waals surface area contributed by atoms with Crippen molar-refractivity contribution in [2.24, 2.45) is 5.92 Å². The van der Waals surface area contributed by atoms with Crippen molar-refractivity contribution < 1.29 is 14.4 Å². The lowest BCUT2D eigenvalue weighted by Crippen LogP contribution is -2.37. The molecule has 0 saturated heterocycles. The molecule has 1 heterocycles. The molecule has 0 radical (unpaired) electrons. The number of hydrogen-bond acceptors (Lipinski definition) is 5. The van der Waals surface area contributed by atoms with Crippen LogP contribution in [0.3, 0.4) is 0 Å². The summed E-state index contributed by atoms with van der Waals surface area (Å²) >= 11 is 0. The molecule has 0 saturated carbocycles. The van der Waals surface area contributed by atoms with Crippen LogP contribution in [-0.2, 0) is 11.3 Å². The van der Waals surface area contributed by atoms with Gasteiger partial charge in [-0.05, 0) is 24.5 Å². The number of carboxylic acids is 1. The van der Waals surface area contributed by atoms with Crippen molar-refractivity contribution >= 4 is 5.97 Å². The Labute approximate surface area is 123 Å². The van der Waals surface area contributed by atoms with Gasteiger partial charge in [-0.1, -0.05) is 37.2 Å². The monoisotopic (exact) mass is 289 g/mol. The Bertz CT molecular complexity index is 581. The topological polar surface area (TPSA) is 88.3 Å². The summed E-state index contributed by atoms with van der Waals surface area (Å²) in [4.78, 5) is 15.4. The van der Waals surface area contributed by atoms with Gasteiger partial charge in [0.25, 0.3) is 5.89 Å². The minimum absolute atomic E-state index is 0.264. The molecule has 1 aromatic heterocycles. The Balaban J connectivity index is 1.98. The highest BCUT2D eigenvalue weighted by Gasteiger charge is 2.19. The maximum Gasteiger partial charge on any atom is 0.320 e. The first-order valence-electron chi connectivity index (χ1n) is 6.90. The summed E-state index contributed by atoms with van der Waals surface area (Å²) in [7, 11) is 0. The van der Waals surface area contributed by atoms with Crippen LogP contribution < -0.4 is 5.32 Å². The number of carbonyl (C=O) groups is 1. The van der Waals surface area contributed by atoms with E-state index in [9.17, 15) is 4.79 Å². The summed E-state index contributed by atoms with van der Waals surface area (Å²) in [5.74, 6) is 0.311. The van der Waals surface area contributed by atoms with Crippen LogP contribution in [0.25, 0.3) is 11.5 Å². The Morgan fingerprint density at radius 2 is 2.05 bits per heavy atom. The van der Waals surface area contributed by atoms with Crippen molar-refractivity contribution in [1.82, 2.24) is 15.5 Å². The van der Waals surface area contributed by atoms with Crippen molar-refractivity contribution in [2.45, 2.75) is 32.9 Å². The van der Waals surface area contributed by atoms with Crippen molar-refractivity contribution in [3.8, 4) is 11.5 Å². The van der Waals surface area contributed by atoms with Gasteiger partial charge in [-0.2, -0.15) is 4.98 Å². The van der Waals surface area contributed by atoms with Gasteiger partial charge in [0, 0.05) is 5.56 Å². The number of hydrogen-bond donors (Lipinski definition) is 2. The van der Waals surface area contributed by atoms with E-state index in [1.54, 1.807) is 0 Å². The summed E-state index contributed by atoms with van der Waals surface area (Å²) < 4.78 is 5.18. The fourth-order valence-electron chi connectivity index (χ4n) is 1.98. The first-order chi connectivity index (χ1) is 10.1. The molecule has 0 amide bonds. The normalized spacial score (nSPS) is 12.5. The van der Waals surface area contributed by atoms with Crippen LogP contribution in [0.4, 0.5) is 0 Å². The molecule has 0 fully saturated rings. The molecule has 6 heteroatoms. The molecule has 0 aliphatic rings. The SMILES string of the molecule is CC(C)CC(NCc1noc(-c2ccccc2)n1)C(=O)O. The number of carboxylic acid groups (broad SMARTS) is 1. The lowest BCUT2D eigenvalue weighted by Gasteiger charge is -2.14. The van der Waals surface area contributed by atoms with Gasteiger partial charge >= 0.3 is 5.97 Å². The molecule has 6 nitrogen and oxygen atoms in total. The third-order valence-electron chi connectivity index (χ3n) is 3.00. The third kappa shape index (κ3) is 4.39. The van der Waals surface area contributed by atoms with Gasteiger partial charge in [0.2, 0.25) is 0 Å². The predicted molar refractivity (Wildman–Crippen MR) is 77.5 cm³/mol. The number of aromatic nitrogens is 2. The molecule has 112 valence electrons. The fourth-order valence-corrected chi connectivity index (χ4v) is 1.98. The quantitative estimate of drug-likeness (QED) is 0.813. The molecule has 1 unspecified atom stereocenters. The smallest absolute Gasteiger partial charge is 0.320 e. The molecule has 0 aliphatic heterocycles. The summed E-state index contributed by atoms with van der Waals surface area (Å²) in [5.41, 5.74) is 0.841. The molecule has 2 rings (SSSR count). The van der Waals surface area contributed by atoms with Crippen molar-refractivity contribution in [2.75, 3.05) is 0 Å². The lowest BCUT2D eigenvalue weighted by atomic mass is 10.0. The number of aliphatic carboxylic acids is 1. The second-order valence-corrected chi connectivity index (χ2v) is 5.28. The summed E-state index contributed by atoms with van der Waals surface area (Å²) in [5, 5.41) is 16.0. The Hall–Kier alpha value is -2.21. The van der Waals surface area contributed by atoms with Gasteiger partial charge in [-0.3, -0.25) is 10.1 Å². The van der Waals surface area contributed by atoms with E-state index >= 15 is 0 Å². The van der Waals surface area contributed by atoms with Gasteiger partial charge in [0.15, 0.2) is 5.82 Å². The second kappa shape index (κ2) is 6.99. The largest absolute Gasteiger partial charge is 0.480 e. The first-order valence-corrected chi connectivity index (χ1v) is 6.90. The highest BCUT2D eigenvalue weighted by molar-refractivity contribution is 5.73. The van der Waals surface area contributed by atoms with Crippen LogP contribution >= 0.6 is 0 Å². The maximum atomic E-state index is 11.2. The van der Waals surface area contributed by atoms with Gasteiger partial charge in [-0.25, -0.2) is 0 Å². The van der Waals surface area contributed by atoms with Gasteiger partial charge in [0.05, 0.1) is 6.54 Å². The molecule has 0 bridgehead atoms. The van der Waals surface area contributed by atoms with Crippen molar-refractivity contribution in [3.05, 3.63) is 36.2 Å². The molecule has 1 atom stereocenters. The molecule has 0 spiro atoms. The zero-order chi connectivity index (χ0) is 15.2. The molecule has 0 aliphatic carbocycles. The lowest BCUT2D eigenvalue weighted by molar-refractivity contribution is -0.140. The number of benzene rings is 1. The number of nitrogens with one attached hydrogen (secondary N) is 1. The molecule has 21 heavy (non-hydrogen) atoms. The summed E-state index contributed by atoms with van der Waals surface area (Å²) in [6, 6.07) is 8.84. The highest BCUT2D eigenvalue weighted by atomic mass is 16.5. The van der Waals surface area contributed by atoms with Crippen LogP contribution in [0.1, 0.15) is 26.1 Å². The first kappa shape index (κ1) is 15.2. The third-order valence-corrected chi connectivity index (χ3v) is 3.00. The van der Waals surface area contributed by atoms with E-state index in [4.69, 9.17) is 9.63 Å². The van der Waals surface area contributed by atoms with Crippen LogP contribution in [0.5, 0.6) is 0 Å². The van der Waals surface area contributed by atoms with E-state index in [2.05, 4.69) is 15.5 Å². The van der Waals surface area contributed by atoms with Crippen LogP contribution in [0.15, 0.2) is 34.9 Å². The van der Waals surface area contributed by atoms with Gasteiger partial charge in [0.1, 0.15) is 6.04 Å². The van der Waals surface area contributed by atoms with E-state index in [0.29, 0.717) is 24.1 Å². The standard InChI is InChI=1S/C15H19N3O3/c1-10(2)8-12(15(19)20)16-9-13-17-14(21-18-13)11-6-4-3-5-7-11/h3-7,10,12,16H,8-9H2,1-2H3,(H,19,20). The van der Waals surface area contributed by atoms with E-state index in [1.165, 1.54) is 0 Å². The zero-order valence-electron chi connectivity index (χ0n) is 12.1. The molecule has 2 aromatic rings. The molecule has 2 N–H and O–H groups in total. The van der Waals surface area contributed by atoms with E-state index in [1.807, 2.05) is 44.2 Å². The Kier molecular flexibility index (Phi) is 5.05. The minimum atomic E-state index is -0.865. The number of nitrogens with zero attached hydrogens (tertiary/aromatic N) is 2. The molecule has 1 aromatic carbocycles. The highest BCUT2D eigenvalue weighted by Crippen LogP contribution is 2.16. The minimum Gasteiger partial charge on any atom is -0.480 e. The molecular formula is C15H19N3O3. The predicted octanol–water partition coefficient (Wildman–Crippen LogP) is 2.33. The second-order valence-electron chi connectivity index (χ2n) is 5.28. The zero-order valence-corrected chi connectivity index (χ0v) is 12.1. The van der Waals surface area contributed by atoms with Gasteiger partial charge in [-0.15, -0.1) is 0 Å². The average molecular weight is 289 g/mol. The van der Waals surface area contributed by atoms with E-state index in [0.717, 1.165) is 5.56 Å².